The van der Waals surface area contributed by atoms with Crippen LogP contribution < -0.4 is 4.74 Å². The van der Waals surface area contributed by atoms with Crippen LogP contribution in [0.5, 0.6) is 5.75 Å². The molecule has 152 valence electrons. The fraction of sp³-hybridized carbons (Fsp3) is 0.526. The molecule has 8 nitrogen and oxygen atoms in total. The van der Waals surface area contributed by atoms with Crippen molar-refractivity contribution in [3.8, 4) is 5.75 Å². The van der Waals surface area contributed by atoms with E-state index in [1.807, 2.05) is 0 Å². The molecule has 28 heavy (non-hydrogen) atoms. The molecular weight excluding hydrogens is 388 g/mol. The van der Waals surface area contributed by atoms with Crippen molar-refractivity contribution >= 4 is 29.6 Å². The first-order valence-electron chi connectivity index (χ1n) is 9.25. The van der Waals surface area contributed by atoms with Crippen LogP contribution in [0, 0.1) is 5.92 Å². The minimum absolute atomic E-state index is 0.208. The summed E-state index contributed by atoms with van der Waals surface area (Å²) in [5.74, 6) is -0.510. The average Bonchev–Trinajstić information content (AvgIpc) is 2.71. The molecule has 0 N–H and O–H groups in total. The minimum atomic E-state index is -0.473. The van der Waals surface area contributed by atoms with E-state index in [2.05, 4.69) is 0 Å². The smallest absolute Gasteiger partial charge is 0.409 e. The summed E-state index contributed by atoms with van der Waals surface area (Å²) in [6.07, 6.45) is 0.0833. The number of piperazine rings is 1. The van der Waals surface area contributed by atoms with Gasteiger partial charge in [0.15, 0.2) is 6.61 Å². The van der Waals surface area contributed by atoms with Crippen molar-refractivity contribution in [2.24, 2.45) is 5.92 Å². The van der Waals surface area contributed by atoms with Gasteiger partial charge >= 0.3 is 12.1 Å². The van der Waals surface area contributed by atoms with Gasteiger partial charge in [-0.1, -0.05) is 11.6 Å². The molecule has 2 aliphatic rings. The fourth-order valence-corrected chi connectivity index (χ4v) is 3.40. The Kier molecular flexibility index (Phi) is 6.61. The number of hydrogen-bond donors (Lipinski definition) is 0. The van der Waals surface area contributed by atoms with Crippen LogP contribution in [-0.4, -0.2) is 73.8 Å². The van der Waals surface area contributed by atoms with E-state index >= 15 is 0 Å². The lowest BCUT2D eigenvalue weighted by Crippen LogP contribution is -2.51. The monoisotopic (exact) mass is 410 g/mol. The zero-order chi connectivity index (χ0) is 20.1. The summed E-state index contributed by atoms with van der Waals surface area (Å²) < 4.78 is 15.7. The van der Waals surface area contributed by atoms with Crippen LogP contribution in [0.1, 0.15) is 12.5 Å². The molecule has 0 unspecified atom stereocenters. The van der Waals surface area contributed by atoms with Crippen molar-refractivity contribution in [2.75, 3.05) is 46.0 Å². The maximum absolute atomic E-state index is 12.3. The first-order chi connectivity index (χ1) is 13.5. The third-order valence-electron chi connectivity index (χ3n) is 4.76. The summed E-state index contributed by atoms with van der Waals surface area (Å²) >= 11 is 5.99. The molecule has 0 aliphatic carbocycles. The van der Waals surface area contributed by atoms with Crippen molar-refractivity contribution in [3.05, 3.63) is 28.8 Å². The van der Waals surface area contributed by atoms with E-state index in [9.17, 15) is 14.4 Å². The van der Waals surface area contributed by atoms with Crippen molar-refractivity contribution in [1.82, 2.24) is 9.80 Å². The van der Waals surface area contributed by atoms with Crippen LogP contribution >= 0.6 is 11.6 Å². The first kappa shape index (κ1) is 20.3. The van der Waals surface area contributed by atoms with E-state index < -0.39 is 11.9 Å². The van der Waals surface area contributed by atoms with Gasteiger partial charge in [0.1, 0.15) is 12.4 Å². The number of fused-ring (bicyclic) bond motifs is 1. The molecule has 0 bridgehead atoms. The molecule has 0 radical (unpaired) electrons. The Balaban J connectivity index is 1.44. The molecular formula is C19H23ClN2O6. The Bertz CT molecular complexity index is 748. The fourth-order valence-electron chi connectivity index (χ4n) is 3.21. The molecule has 1 aromatic rings. The number of amides is 2. The van der Waals surface area contributed by atoms with Gasteiger partial charge in [-0.15, -0.1) is 0 Å². The molecule has 2 heterocycles. The molecule has 3 rings (SSSR count). The maximum atomic E-state index is 12.3. The topological polar surface area (TPSA) is 85.4 Å². The summed E-state index contributed by atoms with van der Waals surface area (Å²) in [5.41, 5.74) is 0.849. The highest BCUT2D eigenvalue weighted by Gasteiger charge is 2.29. The highest BCUT2D eigenvalue weighted by atomic mass is 35.5. The number of rotatable bonds is 4. The largest absolute Gasteiger partial charge is 0.492 e. The van der Waals surface area contributed by atoms with Crippen molar-refractivity contribution in [1.29, 1.82) is 0 Å². The van der Waals surface area contributed by atoms with Crippen molar-refractivity contribution in [2.45, 2.75) is 13.3 Å². The molecule has 1 saturated heterocycles. The quantitative estimate of drug-likeness (QED) is 0.703. The molecule has 0 saturated carbocycles. The molecule has 0 aromatic heterocycles. The summed E-state index contributed by atoms with van der Waals surface area (Å²) in [6.45, 7) is 3.50. The van der Waals surface area contributed by atoms with Gasteiger partial charge in [0.2, 0.25) is 0 Å². The Hall–Kier alpha value is -2.48. The van der Waals surface area contributed by atoms with Gasteiger partial charge in [-0.3, -0.25) is 9.59 Å². The van der Waals surface area contributed by atoms with Gasteiger partial charge in [0.25, 0.3) is 5.91 Å². The second-order valence-electron chi connectivity index (χ2n) is 6.64. The summed E-state index contributed by atoms with van der Waals surface area (Å²) in [5, 5.41) is 0.577. The molecule has 2 aliphatic heterocycles. The minimum Gasteiger partial charge on any atom is -0.492 e. The predicted octanol–water partition coefficient (Wildman–Crippen LogP) is 1.74. The van der Waals surface area contributed by atoms with Gasteiger partial charge in [-0.2, -0.15) is 0 Å². The Morgan fingerprint density at radius 1 is 1.14 bits per heavy atom. The number of halogens is 1. The normalized spacial score (nSPS) is 18.7. The lowest BCUT2D eigenvalue weighted by atomic mass is 9.97. The van der Waals surface area contributed by atoms with E-state index in [1.165, 1.54) is 0 Å². The molecule has 2 amide bonds. The van der Waals surface area contributed by atoms with Crippen LogP contribution in [0.4, 0.5) is 4.79 Å². The molecule has 0 spiro atoms. The van der Waals surface area contributed by atoms with Gasteiger partial charge in [-0.05, 0) is 37.1 Å². The third kappa shape index (κ3) is 4.86. The van der Waals surface area contributed by atoms with Crippen LogP contribution in [0.25, 0.3) is 0 Å². The molecule has 1 fully saturated rings. The Morgan fingerprint density at radius 2 is 1.86 bits per heavy atom. The van der Waals surface area contributed by atoms with Crippen LogP contribution in [0.2, 0.25) is 5.02 Å². The first-order valence-corrected chi connectivity index (χ1v) is 9.63. The van der Waals surface area contributed by atoms with Crippen LogP contribution in [0.15, 0.2) is 18.2 Å². The van der Waals surface area contributed by atoms with E-state index in [0.29, 0.717) is 50.0 Å². The second-order valence-corrected chi connectivity index (χ2v) is 7.07. The molecule has 1 aromatic carbocycles. The van der Waals surface area contributed by atoms with Crippen molar-refractivity contribution < 1.29 is 28.6 Å². The number of hydrogen-bond acceptors (Lipinski definition) is 6. The van der Waals surface area contributed by atoms with E-state index in [-0.39, 0.29) is 25.2 Å². The second kappa shape index (κ2) is 9.14. The highest BCUT2D eigenvalue weighted by Crippen LogP contribution is 2.30. The van der Waals surface area contributed by atoms with E-state index in [4.69, 9.17) is 25.8 Å². The van der Waals surface area contributed by atoms with Gasteiger partial charge in [0.05, 0.1) is 12.5 Å². The molecule has 1 atom stereocenters. The number of nitrogens with zero attached hydrogens (tertiary/aromatic N) is 2. The summed E-state index contributed by atoms with van der Waals surface area (Å²) in [7, 11) is 0. The summed E-state index contributed by atoms with van der Waals surface area (Å²) in [6, 6.07) is 5.28. The summed E-state index contributed by atoms with van der Waals surface area (Å²) in [4.78, 5) is 39.4. The van der Waals surface area contributed by atoms with Gasteiger partial charge in [0, 0.05) is 31.2 Å². The Labute approximate surface area is 168 Å². The van der Waals surface area contributed by atoms with Gasteiger partial charge in [-0.25, -0.2) is 4.79 Å². The number of benzene rings is 1. The third-order valence-corrected chi connectivity index (χ3v) is 4.99. The van der Waals surface area contributed by atoms with Crippen LogP contribution in [0.3, 0.4) is 0 Å². The zero-order valence-corrected chi connectivity index (χ0v) is 16.4. The van der Waals surface area contributed by atoms with E-state index in [1.54, 1.807) is 34.9 Å². The van der Waals surface area contributed by atoms with Gasteiger partial charge < -0.3 is 24.0 Å². The molecule has 9 heteroatoms. The highest BCUT2D eigenvalue weighted by molar-refractivity contribution is 6.30. The maximum Gasteiger partial charge on any atom is 0.409 e. The number of carbonyl (C=O) groups is 3. The number of esters is 1. The number of ether oxygens (including phenoxy) is 3. The average molecular weight is 411 g/mol. The lowest BCUT2D eigenvalue weighted by Gasteiger charge is -2.34. The predicted molar refractivity (Wildman–Crippen MR) is 100 cm³/mol. The van der Waals surface area contributed by atoms with Crippen molar-refractivity contribution in [3.63, 3.8) is 0 Å². The van der Waals surface area contributed by atoms with E-state index in [0.717, 1.165) is 5.56 Å². The SMILES string of the molecule is CCOC(=O)N1CCN(C(=O)COC(=O)[C@H]2COc3ccc(Cl)cc3C2)CC1. The lowest BCUT2D eigenvalue weighted by molar-refractivity contribution is -0.157. The van der Waals surface area contributed by atoms with Crippen LogP contribution in [-0.2, 0) is 25.5 Å². The standard InChI is InChI=1S/C19H23ClN2O6/c1-2-26-19(25)22-7-5-21(6-8-22)17(23)12-28-18(24)14-9-13-10-15(20)3-4-16(13)27-11-14/h3-4,10,14H,2,5-9,11-12H2,1H3/t14-/m1/s1. The number of carbonyl (C=O) groups excluding carboxylic acids is 3. The zero-order valence-electron chi connectivity index (χ0n) is 15.7. The Morgan fingerprint density at radius 3 is 2.57 bits per heavy atom.